The van der Waals surface area contributed by atoms with Crippen molar-refractivity contribution in [3.05, 3.63) is 23.4 Å². The molecule has 1 aromatic heterocycles. The Morgan fingerprint density at radius 2 is 2.11 bits per heavy atom. The van der Waals surface area contributed by atoms with E-state index >= 15 is 0 Å². The number of rotatable bonds is 4. The van der Waals surface area contributed by atoms with Gasteiger partial charge in [0.05, 0.1) is 41.3 Å². The van der Waals surface area contributed by atoms with Crippen molar-refractivity contribution < 1.29 is 26.3 Å². The first-order valence-corrected chi connectivity index (χ1v) is 7.36. The van der Waals surface area contributed by atoms with Crippen molar-refractivity contribution in [2.75, 3.05) is 38.6 Å². The zero-order valence-corrected chi connectivity index (χ0v) is 12.2. The van der Waals surface area contributed by atoms with Gasteiger partial charge in [0.2, 0.25) is 0 Å². The van der Waals surface area contributed by atoms with E-state index in [0.29, 0.717) is 15.8 Å². The molecule has 102 valence electrons. The predicted octanol–water partition coefficient (Wildman–Crippen LogP) is -3.24. The van der Waals surface area contributed by atoms with Gasteiger partial charge >= 0.3 is 0 Å². The average Bonchev–Trinajstić information content (AvgIpc) is 2.38. The van der Waals surface area contributed by atoms with Crippen LogP contribution in [0.3, 0.4) is 0 Å². The second kappa shape index (κ2) is 8.07. The summed E-state index contributed by atoms with van der Waals surface area (Å²) in [6.45, 7) is 4.53. The fourth-order valence-corrected chi connectivity index (χ4v) is 2.93. The number of nitrogens with zero attached hydrogens (tertiary/aromatic N) is 1. The molecule has 0 saturated carbocycles. The molecule has 1 aliphatic rings. The Morgan fingerprint density at radius 1 is 1.39 bits per heavy atom. The van der Waals surface area contributed by atoms with Crippen LogP contribution in [-0.2, 0) is 15.5 Å². The van der Waals surface area contributed by atoms with Gasteiger partial charge in [-0.15, -0.1) is 0 Å². The molecule has 7 heteroatoms. The van der Waals surface area contributed by atoms with Gasteiger partial charge in [-0.2, -0.15) is 0 Å². The molecule has 1 atom stereocenters. The van der Waals surface area contributed by atoms with E-state index in [1.54, 1.807) is 12.1 Å². The number of hydrogen-bond donors (Lipinski definition) is 1. The zero-order chi connectivity index (χ0) is 12.1. The number of quaternary nitrogens is 1. The van der Waals surface area contributed by atoms with Crippen LogP contribution < -0.4 is 17.3 Å². The van der Waals surface area contributed by atoms with Gasteiger partial charge in [0.25, 0.3) is 0 Å². The van der Waals surface area contributed by atoms with E-state index in [0.717, 1.165) is 32.8 Å². The maximum Gasteiger partial charge on any atom is 0.127 e. The quantitative estimate of drug-likeness (QED) is 0.636. The lowest BCUT2D eigenvalue weighted by atomic mass is 10.4. The molecule has 0 amide bonds. The maximum absolute atomic E-state index is 12.0. The number of hydrogen-bond acceptors (Lipinski definition) is 3. The molecule has 18 heavy (non-hydrogen) atoms. The van der Waals surface area contributed by atoms with Crippen molar-refractivity contribution in [3.63, 3.8) is 0 Å². The Labute approximate surface area is 121 Å². The first kappa shape index (κ1) is 15.9. The first-order chi connectivity index (χ1) is 8.25. The second-order valence-corrected chi connectivity index (χ2v) is 5.93. The molecule has 0 radical (unpaired) electrons. The molecule has 1 saturated heterocycles. The van der Waals surface area contributed by atoms with Crippen LogP contribution >= 0.6 is 11.6 Å². The fraction of sp³-hybridized carbons (Fsp3) is 0.545. The van der Waals surface area contributed by atoms with Crippen LogP contribution in [0.15, 0.2) is 23.4 Å². The van der Waals surface area contributed by atoms with E-state index in [2.05, 4.69) is 4.98 Å². The lowest BCUT2D eigenvalue weighted by Gasteiger charge is -2.23. The summed E-state index contributed by atoms with van der Waals surface area (Å²) < 4.78 is 17.2. The van der Waals surface area contributed by atoms with Crippen LogP contribution in [0.2, 0.25) is 5.02 Å². The van der Waals surface area contributed by atoms with Gasteiger partial charge in [-0.25, -0.2) is 4.98 Å². The molecule has 4 nitrogen and oxygen atoms in total. The van der Waals surface area contributed by atoms with E-state index < -0.39 is 10.8 Å². The third-order valence-corrected chi connectivity index (χ3v) is 4.28. The number of ether oxygens (including phenoxy) is 1. The molecule has 0 aliphatic carbocycles. The molecule has 0 aromatic carbocycles. The summed E-state index contributed by atoms with van der Waals surface area (Å²) in [5.41, 5.74) is 0. The van der Waals surface area contributed by atoms with Gasteiger partial charge in [0.15, 0.2) is 0 Å². The van der Waals surface area contributed by atoms with Gasteiger partial charge < -0.3 is 22.0 Å². The van der Waals surface area contributed by atoms with Crippen LogP contribution in [0.1, 0.15) is 0 Å². The molecular formula is C11H16Cl2N2O2S. The van der Waals surface area contributed by atoms with Gasteiger partial charge in [0.1, 0.15) is 18.1 Å². The number of pyridine rings is 1. The van der Waals surface area contributed by atoms with Gasteiger partial charge in [-0.3, -0.25) is 4.21 Å². The Kier molecular flexibility index (Phi) is 7.11. The Bertz CT molecular complexity index is 383. The highest BCUT2D eigenvalue weighted by molar-refractivity contribution is 7.85. The van der Waals surface area contributed by atoms with Gasteiger partial charge in [0, 0.05) is 6.20 Å². The SMILES string of the molecule is O=S(CC[NH+]1CCOCC1)c1ccc(Cl)cn1.[Cl-]. The maximum atomic E-state index is 12.0. The topological polar surface area (TPSA) is 43.6 Å². The lowest BCUT2D eigenvalue weighted by Crippen LogP contribution is -3.14. The number of morpholine rings is 1. The van der Waals surface area contributed by atoms with Crippen LogP contribution in [-0.4, -0.2) is 47.8 Å². The van der Waals surface area contributed by atoms with Crippen molar-refractivity contribution in [3.8, 4) is 0 Å². The highest BCUT2D eigenvalue weighted by Crippen LogP contribution is 2.08. The summed E-state index contributed by atoms with van der Waals surface area (Å²) in [7, 11) is -1.02. The molecule has 2 heterocycles. The van der Waals surface area contributed by atoms with Crippen molar-refractivity contribution in [1.82, 2.24) is 4.98 Å². The van der Waals surface area contributed by atoms with Crippen LogP contribution in [0.4, 0.5) is 0 Å². The lowest BCUT2D eigenvalue weighted by molar-refractivity contribution is -0.905. The molecule has 1 fully saturated rings. The molecular weight excluding hydrogens is 295 g/mol. The summed E-state index contributed by atoms with van der Waals surface area (Å²) in [6.07, 6.45) is 1.54. The number of halogens is 2. The van der Waals surface area contributed by atoms with Crippen molar-refractivity contribution in [2.45, 2.75) is 5.03 Å². The largest absolute Gasteiger partial charge is 1.00 e. The summed E-state index contributed by atoms with van der Waals surface area (Å²) in [5, 5.41) is 1.19. The molecule has 1 N–H and O–H groups in total. The van der Waals surface area contributed by atoms with Gasteiger partial charge in [-0.1, -0.05) is 11.6 Å². The number of aromatic nitrogens is 1. The van der Waals surface area contributed by atoms with E-state index in [4.69, 9.17) is 16.3 Å². The summed E-state index contributed by atoms with van der Waals surface area (Å²) in [4.78, 5) is 5.53. The highest BCUT2D eigenvalue weighted by atomic mass is 35.5. The third kappa shape index (κ3) is 4.82. The monoisotopic (exact) mass is 310 g/mol. The second-order valence-electron chi connectivity index (χ2n) is 3.98. The van der Waals surface area contributed by atoms with Crippen molar-refractivity contribution >= 4 is 22.4 Å². The van der Waals surface area contributed by atoms with Crippen LogP contribution in [0.5, 0.6) is 0 Å². The third-order valence-electron chi connectivity index (χ3n) is 2.77. The normalized spacial score (nSPS) is 18.1. The van der Waals surface area contributed by atoms with Crippen molar-refractivity contribution in [2.24, 2.45) is 0 Å². The van der Waals surface area contributed by atoms with Crippen LogP contribution in [0.25, 0.3) is 0 Å². The highest BCUT2D eigenvalue weighted by Gasteiger charge is 2.15. The molecule has 2 rings (SSSR count). The van der Waals surface area contributed by atoms with E-state index in [-0.39, 0.29) is 12.4 Å². The Balaban J connectivity index is 0.00000162. The van der Waals surface area contributed by atoms with E-state index in [9.17, 15) is 4.21 Å². The molecule has 0 spiro atoms. The number of nitrogens with one attached hydrogen (secondary N) is 1. The molecule has 1 unspecified atom stereocenters. The van der Waals surface area contributed by atoms with E-state index in [1.165, 1.54) is 11.1 Å². The Morgan fingerprint density at radius 3 is 2.72 bits per heavy atom. The summed E-state index contributed by atoms with van der Waals surface area (Å²) in [5.74, 6) is 0.643. The summed E-state index contributed by atoms with van der Waals surface area (Å²) in [6, 6.07) is 3.45. The average molecular weight is 311 g/mol. The molecule has 0 bridgehead atoms. The van der Waals surface area contributed by atoms with E-state index in [1.807, 2.05) is 0 Å². The molecule has 1 aromatic rings. The van der Waals surface area contributed by atoms with Gasteiger partial charge in [-0.05, 0) is 12.1 Å². The standard InChI is InChI=1S/C11H15ClN2O2S.ClH/c12-10-1-2-11(13-9-10)17(15)8-5-14-3-6-16-7-4-14;/h1-2,9H,3-8H2;1H. The minimum absolute atomic E-state index is 0. The summed E-state index contributed by atoms with van der Waals surface area (Å²) >= 11 is 5.74. The minimum Gasteiger partial charge on any atom is -1.00 e. The minimum atomic E-state index is -1.02. The fourth-order valence-electron chi connectivity index (χ4n) is 1.75. The van der Waals surface area contributed by atoms with Crippen molar-refractivity contribution in [1.29, 1.82) is 0 Å². The predicted molar refractivity (Wildman–Crippen MR) is 66.9 cm³/mol. The Hall–Kier alpha value is -0.200. The smallest absolute Gasteiger partial charge is 0.127 e. The molecule has 1 aliphatic heterocycles. The zero-order valence-electron chi connectivity index (χ0n) is 9.90. The first-order valence-electron chi connectivity index (χ1n) is 5.67. The van der Waals surface area contributed by atoms with Crippen LogP contribution in [0, 0.1) is 0 Å².